The Morgan fingerprint density at radius 2 is 1.64 bits per heavy atom. The molecule has 3 aromatic carbocycles. The van der Waals surface area contributed by atoms with Gasteiger partial charge in [0.25, 0.3) is 5.91 Å². The number of carbonyl (C=O) groups excluding carboxylic acids is 1. The van der Waals surface area contributed by atoms with E-state index in [9.17, 15) is 4.79 Å². The molecule has 1 amide bonds. The predicted molar refractivity (Wildman–Crippen MR) is 124 cm³/mol. The van der Waals surface area contributed by atoms with E-state index in [1.807, 2.05) is 53.4 Å². The Bertz CT molecular complexity index is 1130. The minimum absolute atomic E-state index is 0.0768. The SMILES string of the molecule is COc1cccc(C(=O)N(CCc2ccc(OC)c(OC)c2)Cc2ccc3c(c2)OCO3)c1. The molecule has 172 valence electrons. The molecule has 1 aliphatic heterocycles. The fourth-order valence-electron chi connectivity index (χ4n) is 3.75. The Labute approximate surface area is 193 Å². The number of amides is 1. The van der Waals surface area contributed by atoms with Crippen LogP contribution in [0.5, 0.6) is 28.7 Å². The lowest BCUT2D eigenvalue weighted by Crippen LogP contribution is -2.32. The molecule has 0 saturated carbocycles. The number of hydrogen-bond donors (Lipinski definition) is 0. The molecule has 4 rings (SSSR count). The first-order valence-corrected chi connectivity index (χ1v) is 10.6. The lowest BCUT2D eigenvalue weighted by Gasteiger charge is -2.24. The molecule has 0 saturated heterocycles. The Kier molecular flexibility index (Phi) is 6.88. The Morgan fingerprint density at radius 3 is 2.42 bits per heavy atom. The predicted octanol–water partition coefficient (Wildman–Crippen LogP) is 4.33. The molecule has 0 spiro atoms. The number of carbonyl (C=O) groups is 1. The van der Waals surface area contributed by atoms with Crippen molar-refractivity contribution < 1.29 is 28.5 Å². The van der Waals surface area contributed by atoms with Crippen LogP contribution in [-0.4, -0.2) is 45.5 Å². The normalized spacial score (nSPS) is 11.7. The highest BCUT2D eigenvalue weighted by molar-refractivity contribution is 5.94. The molecule has 0 aromatic heterocycles. The number of hydrogen-bond acceptors (Lipinski definition) is 6. The van der Waals surface area contributed by atoms with E-state index in [4.69, 9.17) is 23.7 Å². The summed E-state index contributed by atoms with van der Waals surface area (Å²) in [6, 6.07) is 18.7. The van der Waals surface area contributed by atoms with Crippen LogP contribution in [0.3, 0.4) is 0 Å². The minimum atomic E-state index is -0.0768. The second-order valence-electron chi connectivity index (χ2n) is 7.59. The molecule has 0 radical (unpaired) electrons. The zero-order valence-corrected chi connectivity index (χ0v) is 19.0. The fourth-order valence-corrected chi connectivity index (χ4v) is 3.75. The van der Waals surface area contributed by atoms with Crippen molar-refractivity contribution in [1.82, 2.24) is 4.90 Å². The number of rotatable bonds is 9. The van der Waals surface area contributed by atoms with E-state index in [0.717, 1.165) is 16.9 Å². The summed E-state index contributed by atoms with van der Waals surface area (Å²) in [5.41, 5.74) is 2.58. The molecule has 3 aromatic rings. The quantitative estimate of drug-likeness (QED) is 0.485. The maximum Gasteiger partial charge on any atom is 0.254 e. The molecule has 0 N–H and O–H groups in total. The number of fused-ring (bicyclic) bond motifs is 1. The summed E-state index contributed by atoms with van der Waals surface area (Å²) in [5.74, 6) is 3.31. The summed E-state index contributed by atoms with van der Waals surface area (Å²) in [6.07, 6.45) is 0.653. The molecule has 33 heavy (non-hydrogen) atoms. The van der Waals surface area contributed by atoms with Crippen LogP contribution in [0, 0.1) is 0 Å². The monoisotopic (exact) mass is 449 g/mol. The Morgan fingerprint density at radius 1 is 0.848 bits per heavy atom. The third-order valence-electron chi connectivity index (χ3n) is 5.53. The Hall–Kier alpha value is -3.87. The molecule has 0 aliphatic carbocycles. The summed E-state index contributed by atoms with van der Waals surface area (Å²) < 4.78 is 27.0. The van der Waals surface area contributed by atoms with Gasteiger partial charge in [0.2, 0.25) is 6.79 Å². The molecule has 1 aliphatic rings. The van der Waals surface area contributed by atoms with Crippen molar-refractivity contribution in [2.75, 3.05) is 34.7 Å². The second-order valence-corrected chi connectivity index (χ2v) is 7.59. The van der Waals surface area contributed by atoms with Crippen LogP contribution >= 0.6 is 0 Å². The summed E-state index contributed by atoms with van der Waals surface area (Å²) in [5, 5.41) is 0. The standard InChI is InChI=1S/C26H27NO6/c1-29-21-6-4-5-20(15-21)26(28)27(16-19-8-10-23-25(14-19)33-17-32-23)12-11-18-7-9-22(30-2)24(13-18)31-3/h4-10,13-15H,11-12,16-17H2,1-3H3. The highest BCUT2D eigenvalue weighted by atomic mass is 16.7. The first kappa shape index (κ1) is 22.3. The minimum Gasteiger partial charge on any atom is -0.497 e. The van der Waals surface area contributed by atoms with E-state index in [1.165, 1.54) is 0 Å². The number of ether oxygens (including phenoxy) is 5. The summed E-state index contributed by atoms with van der Waals surface area (Å²) >= 11 is 0. The molecule has 0 bridgehead atoms. The van der Waals surface area contributed by atoms with E-state index in [-0.39, 0.29) is 12.7 Å². The van der Waals surface area contributed by atoms with Crippen LogP contribution in [0.2, 0.25) is 0 Å². The zero-order valence-electron chi connectivity index (χ0n) is 19.0. The first-order chi connectivity index (χ1) is 16.1. The smallest absolute Gasteiger partial charge is 0.254 e. The fraction of sp³-hybridized carbons (Fsp3) is 0.269. The average Bonchev–Trinajstić information content (AvgIpc) is 3.33. The van der Waals surface area contributed by atoms with Gasteiger partial charge in [0.1, 0.15) is 5.75 Å². The van der Waals surface area contributed by atoms with E-state index in [2.05, 4.69) is 0 Å². The van der Waals surface area contributed by atoms with Gasteiger partial charge < -0.3 is 28.6 Å². The van der Waals surface area contributed by atoms with Gasteiger partial charge in [0.15, 0.2) is 23.0 Å². The van der Waals surface area contributed by atoms with Crippen molar-refractivity contribution in [3.05, 3.63) is 77.4 Å². The van der Waals surface area contributed by atoms with Gasteiger partial charge in [-0.2, -0.15) is 0 Å². The van der Waals surface area contributed by atoms with Crippen molar-refractivity contribution in [2.24, 2.45) is 0 Å². The van der Waals surface area contributed by atoms with Crippen molar-refractivity contribution in [1.29, 1.82) is 0 Å². The van der Waals surface area contributed by atoms with Gasteiger partial charge in [-0.25, -0.2) is 0 Å². The molecular weight excluding hydrogens is 422 g/mol. The molecule has 7 nitrogen and oxygen atoms in total. The summed E-state index contributed by atoms with van der Waals surface area (Å²) in [6.45, 7) is 1.16. The summed E-state index contributed by atoms with van der Waals surface area (Å²) in [4.78, 5) is 15.3. The number of benzene rings is 3. The van der Waals surface area contributed by atoms with Crippen molar-refractivity contribution in [2.45, 2.75) is 13.0 Å². The van der Waals surface area contributed by atoms with Crippen molar-refractivity contribution >= 4 is 5.91 Å². The Balaban J connectivity index is 1.57. The third-order valence-corrected chi connectivity index (χ3v) is 5.53. The highest BCUT2D eigenvalue weighted by Crippen LogP contribution is 2.33. The van der Waals surface area contributed by atoms with Gasteiger partial charge in [0, 0.05) is 18.7 Å². The van der Waals surface area contributed by atoms with Crippen LogP contribution < -0.4 is 23.7 Å². The lowest BCUT2D eigenvalue weighted by molar-refractivity contribution is 0.0744. The van der Waals surface area contributed by atoms with Gasteiger partial charge in [-0.1, -0.05) is 18.2 Å². The van der Waals surface area contributed by atoms with E-state index in [1.54, 1.807) is 33.5 Å². The van der Waals surface area contributed by atoms with Gasteiger partial charge >= 0.3 is 0 Å². The van der Waals surface area contributed by atoms with Crippen LogP contribution in [0.25, 0.3) is 0 Å². The number of methoxy groups -OCH3 is 3. The highest BCUT2D eigenvalue weighted by Gasteiger charge is 2.20. The topological polar surface area (TPSA) is 66.5 Å². The lowest BCUT2D eigenvalue weighted by atomic mass is 10.1. The van der Waals surface area contributed by atoms with Gasteiger partial charge in [-0.05, 0) is 60.0 Å². The molecule has 0 fully saturated rings. The number of nitrogens with zero attached hydrogens (tertiary/aromatic N) is 1. The molecule has 0 atom stereocenters. The molecular formula is C26H27NO6. The average molecular weight is 450 g/mol. The first-order valence-electron chi connectivity index (χ1n) is 10.6. The van der Waals surface area contributed by atoms with E-state index >= 15 is 0 Å². The van der Waals surface area contributed by atoms with Gasteiger partial charge in [-0.15, -0.1) is 0 Å². The van der Waals surface area contributed by atoms with Crippen LogP contribution in [0.15, 0.2) is 60.7 Å². The largest absolute Gasteiger partial charge is 0.497 e. The molecule has 0 unspecified atom stereocenters. The second kappa shape index (κ2) is 10.2. The van der Waals surface area contributed by atoms with Crippen molar-refractivity contribution in [3.63, 3.8) is 0 Å². The maximum absolute atomic E-state index is 13.5. The van der Waals surface area contributed by atoms with Crippen molar-refractivity contribution in [3.8, 4) is 28.7 Å². The molecule has 7 heteroatoms. The van der Waals surface area contributed by atoms with Gasteiger partial charge in [0.05, 0.1) is 21.3 Å². The van der Waals surface area contributed by atoms with Gasteiger partial charge in [-0.3, -0.25) is 4.79 Å². The summed E-state index contributed by atoms with van der Waals surface area (Å²) in [7, 11) is 4.81. The van der Waals surface area contributed by atoms with Crippen LogP contribution in [0.4, 0.5) is 0 Å². The zero-order chi connectivity index (χ0) is 23.2. The van der Waals surface area contributed by atoms with Crippen LogP contribution in [0.1, 0.15) is 21.5 Å². The third kappa shape index (κ3) is 5.14. The maximum atomic E-state index is 13.5. The van der Waals surface area contributed by atoms with E-state index in [0.29, 0.717) is 48.1 Å². The molecule has 1 heterocycles. The van der Waals surface area contributed by atoms with Crippen LogP contribution in [-0.2, 0) is 13.0 Å². The van der Waals surface area contributed by atoms with E-state index < -0.39 is 0 Å².